The number of hydrogen-bond acceptors (Lipinski definition) is 3. The molecule has 0 saturated heterocycles. The Labute approximate surface area is 90.7 Å². The SMILES string of the molecule is O=C1C=CC(=O)c2c1cc1n2CCNC1=O. The van der Waals surface area contributed by atoms with Crippen LogP contribution in [-0.2, 0) is 6.54 Å². The van der Waals surface area contributed by atoms with Crippen LogP contribution in [0, 0.1) is 0 Å². The van der Waals surface area contributed by atoms with Crippen LogP contribution in [-0.4, -0.2) is 28.6 Å². The summed E-state index contributed by atoms with van der Waals surface area (Å²) in [7, 11) is 0. The number of rotatable bonds is 0. The molecule has 0 atom stereocenters. The predicted octanol–water partition coefficient (Wildman–Crippen LogP) is 0.167. The standard InChI is InChI=1S/C11H8N2O3/c14-8-1-2-9(15)10-6(8)5-7-11(16)12-3-4-13(7)10/h1-2,5H,3-4H2,(H,12,16). The van der Waals surface area contributed by atoms with Gasteiger partial charge >= 0.3 is 0 Å². The summed E-state index contributed by atoms with van der Waals surface area (Å²) in [4.78, 5) is 34.8. The molecule has 1 amide bonds. The maximum atomic E-state index is 11.7. The number of aromatic nitrogens is 1. The molecule has 1 aromatic rings. The van der Waals surface area contributed by atoms with E-state index in [1.165, 1.54) is 18.2 Å². The van der Waals surface area contributed by atoms with E-state index in [0.717, 1.165) is 0 Å². The van der Waals surface area contributed by atoms with Gasteiger partial charge in [0.25, 0.3) is 5.91 Å². The normalized spacial score (nSPS) is 18.1. The average Bonchev–Trinajstić information content (AvgIpc) is 2.66. The number of ketones is 2. The van der Waals surface area contributed by atoms with Crippen molar-refractivity contribution in [1.82, 2.24) is 9.88 Å². The zero-order valence-corrected chi connectivity index (χ0v) is 8.32. The van der Waals surface area contributed by atoms with Crippen molar-refractivity contribution in [2.24, 2.45) is 0 Å². The Hall–Kier alpha value is -2.17. The van der Waals surface area contributed by atoms with Crippen molar-refractivity contribution in [1.29, 1.82) is 0 Å². The Morgan fingerprint density at radius 1 is 1.12 bits per heavy atom. The maximum Gasteiger partial charge on any atom is 0.268 e. The number of allylic oxidation sites excluding steroid dienone is 2. The Morgan fingerprint density at radius 3 is 2.69 bits per heavy atom. The smallest absolute Gasteiger partial charge is 0.268 e. The van der Waals surface area contributed by atoms with Crippen LogP contribution in [0.15, 0.2) is 18.2 Å². The van der Waals surface area contributed by atoms with Gasteiger partial charge in [-0.3, -0.25) is 14.4 Å². The van der Waals surface area contributed by atoms with Gasteiger partial charge in [-0.15, -0.1) is 0 Å². The summed E-state index contributed by atoms with van der Waals surface area (Å²) < 4.78 is 1.62. The summed E-state index contributed by atoms with van der Waals surface area (Å²) in [6.45, 7) is 1.02. The topological polar surface area (TPSA) is 68.2 Å². The zero-order valence-electron chi connectivity index (χ0n) is 8.32. The highest BCUT2D eigenvalue weighted by atomic mass is 16.2. The van der Waals surface area contributed by atoms with Gasteiger partial charge in [0.15, 0.2) is 5.78 Å². The Balaban J connectivity index is 2.30. The highest BCUT2D eigenvalue weighted by Gasteiger charge is 2.30. The van der Waals surface area contributed by atoms with Gasteiger partial charge in [0, 0.05) is 13.1 Å². The highest BCUT2D eigenvalue weighted by molar-refractivity contribution is 6.22. The lowest BCUT2D eigenvalue weighted by atomic mass is 10.0. The summed E-state index contributed by atoms with van der Waals surface area (Å²) in [5.41, 5.74) is 1.07. The molecule has 0 saturated carbocycles. The Kier molecular flexibility index (Phi) is 1.65. The van der Waals surface area contributed by atoms with Crippen molar-refractivity contribution in [2.75, 3.05) is 6.54 Å². The fourth-order valence-corrected chi connectivity index (χ4v) is 2.11. The van der Waals surface area contributed by atoms with Crippen LogP contribution in [0.5, 0.6) is 0 Å². The zero-order chi connectivity index (χ0) is 11.3. The van der Waals surface area contributed by atoms with E-state index in [-0.39, 0.29) is 17.5 Å². The number of amides is 1. The number of carbonyl (C=O) groups excluding carboxylic acids is 3. The predicted molar refractivity (Wildman–Crippen MR) is 54.6 cm³/mol. The van der Waals surface area contributed by atoms with Crippen molar-refractivity contribution < 1.29 is 14.4 Å². The molecule has 1 aliphatic heterocycles. The third-order valence-corrected chi connectivity index (χ3v) is 2.84. The van der Waals surface area contributed by atoms with Crippen molar-refractivity contribution in [3.63, 3.8) is 0 Å². The third-order valence-electron chi connectivity index (χ3n) is 2.84. The molecule has 1 aliphatic carbocycles. The molecule has 1 N–H and O–H groups in total. The fourth-order valence-electron chi connectivity index (χ4n) is 2.11. The highest BCUT2D eigenvalue weighted by Crippen LogP contribution is 2.23. The summed E-state index contributed by atoms with van der Waals surface area (Å²) in [5.74, 6) is -0.666. The van der Waals surface area contributed by atoms with E-state index < -0.39 is 0 Å². The van der Waals surface area contributed by atoms with E-state index in [2.05, 4.69) is 5.32 Å². The molecule has 2 aliphatic rings. The first-order valence-corrected chi connectivity index (χ1v) is 4.97. The van der Waals surface area contributed by atoms with Gasteiger partial charge in [-0.1, -0.05) is 0 Å². The van der Waals surface area contributed by atoms with E-state index in [1.807, 2.05) is 0 Å². The first-order valence-electron chi connectivity index (χ1n) is 4.97. The van der Waals surface area contributed by atoms with Crippen LogP contribution >= 0.6 is 0 Å². The van der Waals surface area contributed by atoms with Crippen LogP contribution in [0.3, 0.4) is 0 Å². The molecule has 0 bridgehead atoms. The molecular formula is C11H8N2O3. The van der Waals surface area contributed by atoms with Gasteiger partial charge in [-0.2, -0.15) is 0 Å². The summed E-state index contributed by atoms with van der Waals surface area (Å²) in [6, 6.07) is 1.49. The van der Waals surface area contributed by atoms with Crippen LogP contribution in [0.25, 0.3) is 0 Å². The van der Waals surface area contributed by atoms with Crippen LogP contribution in [0.4, 0.5) is 0 Å². The van der Waals surface area contributed by atoms with Crippen LogP contribution < -0.4 is 5.32 Å². The molecular weight excluding hydrogens is 208 g/mol. The second kappa shape index (κ2) is 2.91. The molecule has 0 radical (unpaired) electrons. The molecule has 0 unspecified atom stereocenters. The van der Waals surface area contributed by atoms with Crippen molar-refractivity contribution in [2.45, 2.75) is 6.54 Å². The van der Waals surface area contributed by atoms with Gasteiger partial charge in [0.2, 0.25) is 5.78 Å². The van der Waals surface area contributed by atoms with Crippen LogP contribution in [0.2, 0.25) is 0 Å². The van der Waals surface area contributed by atoms with Gasteiger partial charge in [0.05, 0.1) is 5.56 Å². The minimum atomic E-state index is -0.235. The molecule has 80 valence electrons. The molecule has 0 fully saturated rings. The number of nitrogens with one attached hydrogen (secondary N) is 1. The quantitative estimate of drug-likeness (QED) is 0.672. The molecule has 2 heterocycles. The Morgan fingerprint density at radius 2 is 1.88 bits per heavy atom. The summed E-state index contributed by atoms with van der Waals surface area (Å²) in [6.07, 6.45) is 2.50. The number of hydrogen-bond donors (Lipinski definition) is 1. The maximum absolute atomic E-state index is 11.7. The molecule has 1 aromatic heterocycles. The van der Waals surface area contributed by atoms with E-state index >= 15 is 0 Å². The Bertz CT molecular complexity index is 566. The van der Waals surface area contributed by atoms with Crippen molar-refractivity contribution in [3.8, 4) is 0 Å². The first kappa shape index (κ1) is 9.08. The van der Waals surface area contributed by atoms with Gasteiger partial charge in [-0.05, 0) is 18.2 Å². The van der Waals surface area contributed by atoms with E-state index in [4.69, 9.17) is 0 Å². The van der Waals surface area contributed by atoms with E-state index in [9.17, 15) is 14.4 Å². The average molecular weight is 216 g/mol. The lowest BCUT2D eigenvalue weighted by Gasteiger charge is -2.18. The van der Waals surface area contributed by atoms with E-state index in [0.29, 0.717) is 30.0 Å². The van der Waals surface area contributed by atoms with Gasteiger partial charge < -0.3 is 9.88 Å². The van der Waals surface area contributed by atoms with E-state index in [1.54, 1.807) is 4.57 Å². The number of fused-ring (bicyclic) bond motifs is 3. The second-order valence-corrected chi connectivity index (χ2v) is 3.76. The lowest BCUT2D eigenvalue weighted by molar-refractivity contribution is 0.0925. The molecule has 0 spiro atoms. The first-order chi connectivity index (χ1) is 7.68. The largest absolute Gasteiger partial charge is 0.349 e. The van der Waals surface area contributed by atoms with Crippen LogP contribution in [0.1, 0.15) is 31.3 Å². The third kappa shape index (κ3) is 1.02. The molecule has 0 aromatic carbocycles. The fraction of sp³-hybridized carbons (Fsp3) is 0.182. The lowest BCUT2D eigenvalue weighted by Crippen LogP contribution is -2.36. The molecule has 5 heteroatoms. The summed E-state index contributed by atoms with van der Waals surface area (Å²) >= 11 is 0. The van der Waals surface area contributed by atoms with Crippen molar-refractivity contribution in [3.05, 3.63) is 35.2 Å². The number of nitrogens with zero attached hydrogens (tertiary/aromatic N) is 1. The van der Waals surface area contributed by atoms with Gasteiger partial charge in [-0.25, -0.2) is 0 Å². The molecule has 16 heavy (non-hydrogen) atoms. The second-order valence-electron chi connectivity index (χ2n) is 3.76. The minimum Gasteiger partial charge on any atom is -0.349 e. The molecule has 3 rings (SSSR count). The molecule has 5 nitrogen and oxygen atoms in total. The number of carbonyl (C=O) groups is 3. The summed E-state index contributed by atoms with van der Waals surface area (Å²) in [5, 5.41) is 2.67. The minimum absolute atomic E-state index is 0.212. The van der Waals surface area contributed by atoms with Crippen molar-refractivity contribution >= 4 is 17.5 Å². The monoisotopic (exact) mass is 216 g/mol. The van der Waals surface area contributed by atoms with Gasteiger partial charge in [0.1, 0.15) is 11.4 Å².